The molecule has 0 saturated carbocycles. The number of phenols is 1. The Bertz CT molecular complexity index is 629. The molecule has 23 heavy (non-hydrogen) atoms. The zero-order valence-electron chi connectivity index (χ0n) is 15.1. The number of nitrogens with zero attached hydrogens (tertiary/aromatic N) is 1. The van der Waals surface area contributed by atoms with E-state index in [2.05, 4.69) is 70.0 Å². The van der Waals surface area contributed by atoms with Crippen molar-refractivity contribution in [3.8, 4) is 5.75 Å². The first-order valence-corrected chi connectivity index (χ1v) is 8.10. The van der Waals surface area contributed by atoms with Crippen LogP contribution in [0.3, 0.4) is 0 Å². The van der Waals surface area contributed by atoms with E-state index in [9.17, 15) is 5.11 Å². The molecule has 0 fully saturated rings. The molecule has 1 aromatic heterocycles. The van der Waals surface area contributed by atoms with Crippen LogP contribution in [0.4, 0.5) is 5.69 Å². The second kappa shape index (κ2) is 6.23. The van der Waals surface area contributed by atoms with Gasteiger partial charge < -0.3 is 10.4 Å². The zero-order chi connectivity index (χ0) is 17.3. The third-order valence-corrected chi connectivity index (χ3v) is 3.95. The van der Waals surface area contributed by atoms with E-state index in [0.717, 1.165) is 22.4 Å². The van der Waals surface area contributed by atoms with E-state index in [1.165, 1.54) is 0 Å². The van der Waals surface area contributed by atoms with Crippen LogP contribution >= 0.6 is 0 Å². The van der Waals surface area contributed by atoms with E-state index in [-0.39, 0.29) is 10.8 Å². The predicted octanol–water partition coefficient (Wildman–Crippen LogP) is 4.99. The summed E-state index contributed by atoms with van der Waals surface area (Å²) in [5.41, 5.74) is 3.88. The third-order valence-electron chi connectivity index (χ3n) is 3.95. The zero-order valence-corrected chi connectivity index (χ0v) is 15.1. The Balaban J connectivity index is 2.40. The fraction of sp³-hybridized carbons (Fsp3) is 0.450. The maximum atomic E-state index is 10.7. The Kier molecular flexibility index (Phi) is 4.69. The Morgan fingerprint density at radius 2 is 1.57 bits per heavy atom. The number of phenolic OH excluding ortho intramolecular Hbond substituents is 1. The first-order valence-electron chi connectivity index (χ1n) is 8.10. The summed E-state index contributed by atoms with van der Waals surface area (Å²) in [4.78, 5) is 4.14. The van der Waals surface area contributed by atoms with E-state index >= 15 is 0 Å². The number of aromatic hydroxyl groups is 1. The van der Waals surface area contributed by atoms with Gasteiger partial charge in [-0.2, -0.15) is 0 Å². The van der Waals surface area contributed by atoms with Crippen molar-refractivity contribution < 1.29 is 5.11 Å². The molecule has 1 aromatic carbocycles. The number of aromatic nitrogens is 1. The monoisotopic (exact) mass is 312 g/mol. The van der Waals surface area contributed by atoms with Crippen LogP contribution in [0.25, 0.3) is 0 Å². The topological polar surface area (TPSA) is 45.2 Å². The molecule has 0 aliphatic rings. The highest BCUT2D eigenvalue weighted by molar-refractivity contribution is 5.59. The molecule has 2 N–H and O–H groups in total. The highest BCUT2D eigenvalue weighted by atomic mass is 16.3. The Morgan fingerprint density at radius 3 is 2.00 bits per heavy atom. The van der Waals surface area contributed by atoms with Crippen LogP contribution in [0.1, 0.15) is 58.2 Å². The lowest BCUT2D eigenvalue weighted by atomic mass is 9.79. The van der Waals surface area contributed by atoms with E-state index in [4.69, 9.17) is 0 Å². The first kappa shape index (κ1) is 17.3. The lowest BCUT2D eigenvalue weighted by molar-refractivity contribution is 0.423. The quantitative estimate of drug-likeness (QED) is 0.784. The minimum Gasteiger partial charge on any atom is -0.507 e. The van der Waals surface area contributed by atoms with E-state index < -0.39 is 0 Å². The van der Waals surface area contributed by atoms with Gasteiger partial charge in [0.25, 0.3) is 0 Å². The van der Waals surface area contributed by atoms with Crippen molar-refractivity contribution in [3.63, 3.8) is 0 Å². The smallest absolute Gasteiger partial charge is 0.123 e. The highest BCUT2D eigenvalue weighted by Crippen LogP contribution is 2.41. The maximum absolute atomic E-state index is 10.7. The summed E-state index contributed by atoms with van der Waals surface area (Å²) < 4.78 is 0. The predicted molar refractivity (Wildman–Crippen MR) is 97.1 cm³/mol. The summed E-state index contributed by atoms with van der Waals surface area (Å²) in [5.74, 6) is 0.414. The summed E-state index contributed by atoms with van der Waals surface area (Å²) in [6.07, 6.45) is 3.64. The molecule has 0 amide bonds. The molecule has 124 valence electrons. The average molecular weight is 312 g/mol. The minimum absolute atomic E-state index is 0.115. The van der Waals surface area contributed by atoms with Gasteiger partial charge in [0.05, 0.1) is 0 Å². The molecule has 1 heterocycles. The molecule has 0 bridgehead atoms. The molecule has 0 spiro atoms. The first-order chi connectivity index (χ1) is 10.6. The van der Waals surface area contributed by atoms with Crippen molar-refractivity contribution in [2.45, 2.75) is 58.9 Å². The Labute approximate surface area is 139 Å². The van der Waals surface area contributed by atoms with Gasteiger partial charge in [0, 0.05) is 35.8 Å². The van der Waals surface area contributed by atoms with Gasteiger partial charge in [-0.05, 0) is 34.6 Å². The van der Waals surface area contributed by atoms with Gasteiger partial charge in [-0.15, -0.1) is 0 Å². The molecule has 3 heteroatoms. The second-order valence-electron chi connectivity index (χ2n) is 8.13. The van der Waals surface area contributed by atoms with E-state index in [1.807, 2.05) is 12.3 Å². The molecule has 3 nitrogen and oxygen atoms in total. The van der Waals surface area contributed by atoms with Crippen LogP contribution in [0.2, 0.25) is 0 Å². The normalized spacial score (nSPS) is 12.3. The lowest BCUT2D eigenvalue weighted by Gasteiger charge is -2.28. The molecule has 0 saturated heterocycles. The van der Waals surface area contributed by atoms with Gasteiger partial charge in [0.1, 0.15) is 5.75 Å². The Hall–Kier alpha value is -2.03. The summed E-state index contributed by atoms with van der Waals surface area (Å²) in [7, 11) is 0. The van der Waals surface area contributed by atoms with Crippen molar-refractivity contribution in [2.75, 3.05) is 5.32 Å². The van der Waals surface area contributed by atoms with Crippen molar-refractivity contribution in [3.05, 3.63) is 53.3 Å². The van der Waals surface area contributed by atoms with Crippen LogP contribution in [0.5, 0.6) is 5.75 Å². The SMILES string of the molecule is CC(C)(C)c1cc(NCc2cccnc2)cc(C(C)(C)C)c1O. The molecule has 0 unspecified atom stereocenters. The van der Waals surface area contributed by atoms with Gasteiger partial charge in [-0.1, -0.05) is 47.6 Å². The van der Waals surface area contributed by atoms with Crippen LogP contribution in [0.15, 0.2) is 36.7 Å². The molecular formula is C20H28N2O. The number of rotatable bonds is 3. The highest BCUT2D eigenvalue weighted by Gasteiger charge is 2.26. The number of pyridine rings is 1. The molecular weight excluding hydrogens is 284 g/mol. The maximum Gasteiger partial charge on any atom is 0.123 e. The van der Waals surface area contributed by atoms with Gasteiger partial charge in [0.15, 0.2) is 0 Å². The van der Waals surface area contributed by atoms with Crippen LogP contribution in [-0.2, 0) is 17.4 Å². The number of hydrogen-bond acceptors (Lipinski definition) is 3. The largest absolute Gasteiger partial charge is 0.507 e. The second-order valence-corrected chi connectivity index (χ2v) is 8.13. The minimum atomic E-state index is -0.115. The molecule has 2 aromatic rings. The summed E-state index contributed by atoms with van der Waals surface area (Å²) in [6.45, 7) is 13.5. The summed E-state index contributed by atoms with van der Waals surface area (Å²) >= 11 is 0. The van der Waals surface area contributed by atoms with Crippen LogP contribution < -0.4 is 5.32 Å². The fourth-order valence-electron chi connectivity index (χ4n) is 2.59. The summed E-state index contributed by atoms with van der Waals surface area (Å²) in [5, 5.41) is 14.2. The third kappa shape index (κ3) is 4.25. The van der Waals surface area contributed by atoms with Gasteiger partial charge in [0.2, 0.25) is 0 Å². The molecule has 0 aliphatic heterocycles. The molecule has 0 aliphatic carbocycles. The fourth-order valence-corrected chi connectivity index (χ4v) is 2.59. The number of benzene rings is 1. The van der Waals surface area contributed by atoms with Crippen molar-refractivity contribution in [1.82, 2.24) is 4.98 Å². The number of nitrogens with one attached hydrogen (secondary N) is 1. The number of hydrogen-bond donors (Lipinski definition) is 2. The average Bonchev–Trinajstić information content (AvgIpc) is 2.44. The standard InChI is InChI=1S/C20H28N2O/c1-19(2,3)16-10-15(11-17(18(16)23)20(4,5)6)22-13-14-8-7-9-21-12-14/h7-12,22-23H,13H2,1-6H3. The van der Waals surface area contributed by atoms with Crippen LogP contribution in [0, 0.1) is 0 Å². The number of anilines is 1. The Morgan fingerprint density at radius 1 is 1.00 bits per heavy atom. The van der Waals surface area contributed by atoms with Gasteiger partial charge in [-0.25, -0.2) is 0 Å². The van der Waals surface area contributed by atoms with Crippen molar-refractivity contribution >= 4 is 5.69 Å². The molecule has 0 radical (unpaired) electrons. The lowest BCUT2D eigenvalue weighted by Crippen LogP contribution is -2.18. The summed E-state index contributed by atoms with van der Waals surface area (Å²) in [6, 6.07) is 8.10. The van der Waals surface area contributed by atoms with Crippen LogP contribution in [-0.4, -0.2) is 10.1 Å². The van der Waals surface area contributed by atoms with E-state index in [0.29, 0.717) is 12.3 Å². The molecule has 0 atom stereocenters. The molecule has 2 rings (SSSR count). The van der Waals surface area contributed by atoms with E-state index in [1.54, 1.807) is 6.20 Å². The van der Waals surface area contributed by atoms with Gasteiger partial charge in [-0.3, -0.25) is 4.98 Å². The van der Waals surface area contributed by atoms with Crippen molar-refractivity contribution in [2.24, 2.45) is 0 Å². The van der Waals surface area contributed by atoms with Crippen molar-refractivity contribution in [1.29, 1.82) is 0 Å². The van der Waals surface area contributed by atoms with Gasteiger partial charge >= 0.3 is 0 Å².